The summed E-state index contributed by atoms with van der Waals surface area (Å²) in [7, 11) is 0. The molecule has 114 valence electrons. The summed E-state index contributed by atoms with van der Waals surface area (Å²) in [4.78, 5) is 23.1. The van der Waals surface area contributed by atoms with Gasteiger partial charge in [-0.2, -0.15) is 0 Å². The van der Waals surface area contributed by atoms with Crippen LogP contribution in [0.25, 0.3) is 0 Å². The Balaban J connectivity index is 1.92. The molecule has 6 heteroatoms. The van der Waals surface area contributed by atoms with Gasteiger partial charge in [0.1, 0.15) is 11.7 Å². The van der Waals surface area contributed by atoms with Gasteiger partial charge in [-0.25, -0.2) is 0 Å². The Hall–Kier alpha value is -2.08. The molecule has 6 nitrogen and oxygen atoms in total. The number of carbonyl (C=O) groups is 2. The Bertz CT molecular complexity index is 531. The molecule has 1 aliphatic heterocycles. The smallest absolute Gasteiger partial charge is 0.311 e. The first-order valence-electron chi connectivity index (χ1n) is 6.81. The number of amides is 1. The van der Waals surface area contributed by atoms with E-state index in [1.165, 1.54) is 0 Å². The van der Waals surface area contributed by atoms with Crippen molar-refractivity contribution < 1.29 is 24.2 Å². The molecule has 1 amide bonds. The second kappa shape index (κ2) is 6.58. The molecular weight excluding hydrogens is 274 g/mol. The van der Waals surface area contributed by atoms with E-state index in [-0.39, 0.29) is 19.1 Å². The van der Waals surface area contributed by atoms with Crippen LogP contribution in [-0.4, -0.2) is 42.3 Å². The molecule has 0 bridgehead atoms. The molecule has 1 aromatic carbocycles. The van der Waals surface area contributed by atoms with Crippen LogP contribution in [0.1, 0.15) is 12.5 Å². The van der Waals surface area contributed by atoms with Crippen LogP contribution < -0.4 is 10.1 Å². The number of aliphatic carboxylic acids is 1. The number of hydrogen-bond acceptors (Lipinski definition) is 4. The zero-order valence-electron chi connectivity index (χ0n) is 12.0. The largest absolute Gasteiger partial charge is 0.481 e. The van der Waals surface area contributed by atoms with Gasteiger partial charge in [-0.1, -0.05) is 12.1 Å². The molecule has 0 spiro atoms. The molecule has 3 unspecified atom stereocenters. The molecular formula is C15H19NO5. The maximum atomic E-state index is 12.1. The van der Waals surface area contributed by atoms with Crippen molar-refractivity contribution >= 4 is 11.9 Å². The maximum Gasteiger partial charge on any atom is 0.311 e. The molecule has 0 aromatic heterocycles. The van der Waals surface area contributed by atoms with E-state index >= 15 is 0 Å². The Kier molecular flexibility index (Phi) is 4.80. The highest BCUT2D eigenvalue weighted by atomic mass is 16.5. The van der Waals surface area contributed by atoms with Gasteiger partial charge in [0.15, 0.2) is 6.10 Å². The lowest BCUT2D eigenvalue weighted by molar-refractivity contribution is -0.142. The Morgan fingerprint density at radius 3 is 2.86 bits per heavy atom. The summed E-state index contributed by atoms with van der Waals surface area (Å²) >= 11 is 0. The van der Waals surface area contributed by atoms with E-state index in [0.717, 1.165) is 5.56 Å². The SMILES string of the molecule is Cc1cccc(OC(C)C(=O)NC2COCC2C(=O)O)c1. The average molecular weight is 293 g/mol. The topological polar surface area (TPSA) is 84.9 Å². The number of nitrogens with one attached hydrogen (secondary N) is 1. The number of ether oxygens (including phenoxy) is 2. The summed E-state index contributed by atoms with van der Waals surface area (Å²) in [5.74, 6) is -1.42. The molecule has 1 fully saturated rings. The fourth-order valence-corrected chi connectivity index (χ4v) is 2.19. The van der Waals surface area contributed by atoms with Gasteiger partial charge in [-0.15, -0.1) is 0 Å². The normalized spacial score (nSPS) is 22.6. The van der Waals surface area contributed by atoms with Gasteiger partial charge in [0.25, 0.3) is 5.91 Å². The number of carboxylic acids is 1. The van der Waals surface area contributed by atoms with Gasteiger partial charge in [-0.05, 0) is 31.5 Å². The first-order valence-corrected chi connectivity index (χ1v) is 6.81. The highest BCUT2D eigenvalue weighted by Gasteiger charge is 2.35. The van der Waals surface area contributed by atoms with Crippen LogP contribution >= 0.6 is 0 Å². The standard InChI is InChI=1S/C15H19NO5/c1-9-4-3-5-11(6-9)21-10(2)14(17)16-13-8-20-7-12(13)15(18)19/h3-6,10,12-13H,7-8H2,1-2H3,(H,16,17)(H,18,19). The predicted molar refractivity (Wildman–Crippen MR) is 75.1 cm³/mol. The van der Waals surface area contributed by atoms with E-state index in [1.807, 2.05) is 25.1 Å². The van der Waals surface area contributed by atoms with E-state index in [1.54, 1.807) is 13.0 Å². The minimum Gasteiger partial charge on any atom is -0.481 e. The van der Waals surface area contributed by atoms with Gasteiger partial charge < -0.3 is 19.9 Å². The molecule has 0 aliphatic carbocycles. The number of carbonyl (C=O) groups excluding carboxylic acids is 1. The van der Waals surface area contributed by atoms with Gasteiger partial charge >= 0.3 is 5.97 Å². The van der Waals surface area contributed by atoms with Gasteiger partial charge in [-0.3, -0.25) is 9.59 Å². The van der Waals surface area contributed by atoms with Gasteiger partial charge in [0.2, 0.25) is 0 Å². The zero-order valence-corrected chi connectivity index (χ0v) is 12.0. The fraction of sp³-hybridized carbons (Fsp3) is 0.467. The molecule has 1 aliphatic rings. The molecule has 21 heavy (non-hydrogen) atoms. The Morgan fingerprint density at radius 2 is 2.19 bits per heavy atom. The molecule has 3 atom stereocenters. The van der Waals surface area contributed by atoms with Crippen LogP contribution in [0.2, 0.25) is 0 Å². The molecule has 0 radical (unpaired) electrons. The number of rotatable bonds is 5. The monoisotopic (exact) mass is 293 g/mol. The van der Waals surface area contributed by atoms with Crippen molar-refractivity contribution in [2.75, 3.05) is 13.2 Å². The lowest BCUT2D eigenvalue weighted by Crippen LogP contribution is -2.47. The molecule has 1 heterocycles. The van der Waals surface area contributed by atoms with Crippen molar-refractivity contribution in [1.82, 2.24) is 5.32 Å². The Morgan fingerprint density at radius 1 is 1.43 bits per heavy atom. The fourth-order valence-electron chi connectivity index (χ4n) is 2.19. The van der Waals surface area contributed by atoms with E-state index in [9.17, 15) is 9.59 Å². The van der Waals surface area contributed by atoms with Crippen molar-refractivity contribution in [3.05, 3.63) is 29.8 Å². The average Bonchev–Trinajstić information content (AvgIpc) is 2.87. The molecule has 0 saturated carbocycles. The number of benzene rings is 1. The number of hydrogen-bond donors (Lipinski definition) is 2. The number of aryl methyl sites for hydroxylation is 1. The zero-order chi connectivity index (χ0) is 15.4. The minimum absolute atomic E-state index is 0.118. The van der Waals surface area contributed by atoms with Crippen molar-refractivity contribution in [3.63, 3.8) is 0 Å². The van der Waals surface area contributed by atoms with Crippen LogP contribution in [0.5, 0.6) is 5.75 Å². The van der Waals surface area contributed by atoms with E-state index < -0.39 is 24.0 Å². The molecule has 1 saturated heterocycles. The summed E-state index contributed by atoms with van der Waals surface area (Å²) in [5.41, 5.74) is 1.04. The quantitative estimate of drug-likeness (QED) is 0.845. The second-order valence-electron chi connectivity index (χ2n) is 5.17. The van der Waals surface area contributed by atoms with Crippen LogP contribution in [-0.2, 0) is 14.3 Å². The highest BCUT2D eigenvalue weighted by Crippen LogP contribution is 2.16. The van der Waals surface area contributed by atoms with Crippen LogP contribution in [0.15, 0.2) is 24.3 Å². The highest BCUT2D eigenvalue weighted by molar-refractivity contribution is 5.82. The third-order valence-electron chi connectivity index (χ3n) is 3.40. The van der Waals surface area contributed by atoms with Crippen molar-refractivity contribution in [1.29, 1.82) is 0 Å². The van der Waals surface area contributed by atoms with Crippen LogP contribution in [0.3, 0.4) is 0 Å². The van der Waals surface area contributed by atoms with Crippen LogP contribution in [0, 0.1) is 12.8 Å². The molecule has 2 rings (SSSR count). The Labute approximate surface area is 123 Å². The van der Waals surface area contributed by atoms with Gasteiger partial charge in [0.05, 0.1) is 19.3 Å². The molecule has 2 N–H and O–H groups in total. The lowest BCUT2D eigenvalue weighted by Gasteiger charge is -2.20. The van der Waals surface area contributed by atoms with E-state index in [2.05, 4.69) is 5.32 Å². The molecule has 1 aromatic rings. The van der Waals surface area contributed by atoms with E-state index in [0.29, 0.717) is 5.75 Å². The first-order chi connectivity index (χ1) is 9.97. The van der Waals surface area contributed by atoms with Gasteiger partial charge in [0, 0.05) is 0 Å². The minimum atomic E-state index is -0.968. The summed E-state index contributed by atoms with van der Waals surface area (Å²) in [6.07, 6.45) is -0.707. The first kappa shape index (κ1) is 15.3. The summed E-state index contributed by atoms with van der Waals surface area (Å²) in [6.45, 7) is 3.89. The second-order valence-corrected chi connectivity index (χ2v) is 5.17. The van der Waals surface area contributed by atoms with E-state index in [4.69, 9.17) is 14.6 Å². The van der Waals surface area contributed by atoms with Crippen LogP contribution in [0.4, 0.5) is 0 Å². The third-order valence-corrected chi connectivity index (χ3v) is 3.40. The number of carboxylic acid groups (broad SMARTS) is 1. The van der Waals surface area contributed by atoms with Crippen molar-refractivity contribution in [2.24, 2.45) is 5.92 Å². The maximum absolute atomic E-state index is 12.1. The predicted octanol–water partition coefficient (Wildman–Crippen LogP) is 0.978. The third kappa shape index (κ3) is 3.95. The lowest BCUT2D eigenvalue weighted by atomic mass is 10.0. The van der Waals surface area contributed by atoms with Crippen molar-refractivity contribution in [2.45, 2.75) is 26.0 Å². The summed E-state index contributed by atoms with van der Waals surface area (Å²) < 4.78 is 10.7. The summed E-state index contributed by atoms with van der Waals surface area (Å²) in [5, 5.41) is 11.7. The van der Waals surface area contributed by atoms with Crippen molar-refractivity contribution in [3.8, 4) is 5.75 Å². The summed E-state index contributed by atoms with van der Waals surface area (Å²) in [6, 6.07) is 6.88.